The van der Waals surface area contributed by atoms with Gasteiger partial charge in [-0.25, -0.2) is 4.79 Å². The Morgan fingerprint density at radius 1 is 1.39 bits per heavy atom. The fourth-order valence-electron chi connectivity index (χ4n) is 2.03. The monoisotopic (exact) mass is 249 g/mol. The molecule has 0 aliphatic carbocycles. The number of carbonyl (C=O) groups excluding carboxylic acids is 2. The highest BCUT2D eigenvalue weighted by atomic mass is 16.6. The number of primary amides is 1. The van der Waals surface area contributed by atoms with Crippen molar-refractivity contribution < 1.29 is 14.3 Å². The highest BCUT2D eigenvalue weighted by Crippen LogP contribution is 2.22. The van der Waals surface area contributed by atoms with E-state index in [4.69, 9.17) is 10.5 Å². The van der Waals surface area contributed by atoms with Crippen molar-refractivity contribution in [3.8, 4) is 0 Å². The zero-order valence-electron chi connectivity index (χ0n) is 10.8. The number of aldehydes is 1. The van der Waals surface area contributed by atoms with Crippen LogP contribution in [0.5, 0.6) is 0 Å². The zero-order chi connectivity index (χ0) is 13.6. The lowest BCUT2D eigenvalue weighted by Gasteiger charge is -2.26. The summed E-state index contributed by atoms with van der Waals surface area (Å²) < 4.78 is 4.99. The summed E-state index contributed by atoms with van der Waals surface area (Å²) in [5, 5.41) is 0. The van der Waals surface area contributed by atoms with Gasteiger partial charge in [0.15, 0.2) is 0 Å². The SMILES string of the molecule is CC(C)(C[C@@H](C=O)Cc1ccccc1)OC(N)=O. The van der Waals surface area contributed by atoms with Gasteiger partial charge in [-0.3, -0.25) is 0 Å². The number of benzene rings is 1. The van der Waals surface area contributed by atoms with Gasteiger partial charge in [0, 0.05) is 5.92 Å². The maximum Gasteiger partial charge on any atom is 0.405 e. The third kappa shape index (κ3) is 4.99. The van der Waals surface area contributed by atoms with Crippen molar-refractivity contribution in [2.75, 3.05) is 0 Å². The summed E-state index contributed by atoms with van der Waals surface area (Å²) in [5.41, 5.74) is 5.36. The summed E-state index contributed by atoms with van der Waals surface area (Å²) in [7, 11) is 0. The highest BCUT2D eigenvalue weighted by molar-refractivity contribution is 5.65. The first-order valence-electron chi connectivity index (χ1n) is 5.90. The van der Waals surface area contributed by atoms with Crippen LogP contribution in [0.3, 0.4) is 0 Å². The first kappa shape index (κ1) is 14.2. The molecule has 0 radical (unpaired) electrons. The highest BCUT2D eigenvalue weighted by Gasteiger charge is 2.26. The molecule has 0 heterocycles. The van der Waals surface area contributed by atoms with Crippen LogP contribution >= 0.6 is 0 Å². The molecule has 18 heavy (non-hydrogen) atoms. The van der Waals surface area contributed by atoms with Gasteiger partial charge in [-0.15, -0.1) is 0 Å². The molecule has 1 amide bonds. The fraction of sp³-hybridized carbons (Fsp3) is 0.429. The molecule has 0 bridgehead atoms. The van der Waals surface area contributed by atoms with Crippen LogP contribution in [0.2, 0.25) is 0 Å². The predicted octanol–water partition coefficient (Wildman–Crippen LogP) is 2.31. The van der Waals surface area contributed by atoms with Crippen molar-refractivity contribution in [2.45, 2.75) is 32.3 Å². The second-order valence-corrected chi connectivity index (χ2v) is 4.97. The van der Waals surface area contributed by atoms with Crippen LogP contribution in [0.25, 0.3) is 0 Å². The molecule has 2 N–H and O–H groups in total. The number of hydrogen-bond donors (Lipinski definition) is 1. The summed E-state index contributed by atoms with van der Waals surface area (Å²) in [4.78, 5) is 21.9. The van der Waals surface area contributed by atoms with Crippen molar-refractivity contribution in [1.82, 2.24) is 0 Å². The Kier molecular flexibility index (Phi) is 4.89. The van der Waals surface area contributed by atoms with Crippen LogP contribution in [0.1, 0.15) is 25.8 Å². The maximum absolute atomic E-state index is 11.1. The summed E-state index contributed by atoms with van der Waals surface area (Å²) in [5.74, 6) is -0.193. The molecule has 1 aromatic carbocycles. The Hall–Kier alpha value is -1.84. The lowest BCUT2D eigenvalue weighted by Crippen LogP contribution is -2.34. The minimum Gasteiger partial charge on any atom is -0.444 e. The minimum atomic E-state index is -0.815. The second-order valence-electron chi connectivity index (χ2n) is 4.97. The third-order valence-electron chi connectivity index (χ3n) is 2.66. The van der Waals surface area contributed by atoms with Gasteiger partial charge >= 0.3 is 6.09 Å². The van der Waals surface area contributed by atoms with Crippen molar-refractivity contribution in [1.29, 1.82) is 0 Å². The van der Waals surface area contributed by atoms with Gasteiger partial charge < -0.3 is 15.3 Å². The van der Waals surface area contributed by atoms with E-state index in [9.17, 15) is 9.59 Å². The molecule has 1 rings (SSSR count). The van der Waals surface area contributed by atoms with E-state index in [0.717, 1.165) is 11.8 Å². The molecule has 98 valence electrons. The average Bonchev–Trinajstić information content (AvgIpc) is 2.27. The quantitative estimate of drug-likeness (QED) is 0.786. The van der Waals surface area contributed by atoms with Crippen LogP contribution < -0.4 is 5.73 Å². The lowest BCUT2D eigenvalue weighted by molar-refractivity contribution is -0.112. The van der Waals surface area contributed by atoms with Gasteiger partial charge in [0.25, 0.3) is 0 Å². The van der Waals surface area contributed by atoms with Crippen LogP contribution in [-0.4, -0.2) is 18.0 Å². The van der Waals surface area contributed by atoms with Gasteiger partial charge in [-0.05, 0) is 32.3 Å². The van der Waals surface area contributed by atoms with E-state index in [1.807, 2.05) is 30.3 Å². The van der Waals surface area contributed by atoms with E-state index >= 15 is 0 Å². The normalized spacial score (nSPS) is 12.8. The Morgan fingerprint density at radius 2 is 2.00 bits per heavy atom. The molecular weight excluding hydrogens is 230 g/mol. The molecule has 0 unspecified atom stereocenters. The number of amides is 1. The summed E-state index contributed by atoms with van der Waals surface area (Å²) in [6.07, 6.45) is 1.17. The molecule has 4 nitrogen and oxygen atoms in total. The van der Waals surface area contributed by atoms with Gasteiger partial charge in [-0.2, -0.15) is 0 Å². The summed E-state index contributed by atoms with van der Waals surface area (Å²) >= 11 is 0. The third-order valence-corrected chi connectivity index (χ3v) is 2.66. The van der Waals surface area contributed by atoms with E-state index in [0.29, 0.717) is 12.8 Å². The zero-order valence-corrected chi connectivity index (χ0v) is 10.8. The van der Waals surface area contributed by atoms with E-state index in [1.165, 1.54) is 0 Å². The first-order valence-corrected chi connectivity index (χ1v) is 5.90. The van der Waals surface area contributed by atoms with Crippen LogP contribution in [-0.2, 0) is 16.0 Å². The Bertz CT molecular complexity index is 401. The summed E-state index contributed by atoms with van der Waals surface area (Å²) in [6, 6.07) is 9.74. The molecule has 0 aliphatic rings. The first-order chi connectivity index (χ1) is 8.43. The van der Waals surface area contributed by atoms with E-state index in [2.05, 4.69) is 0 Å². The van der Waals surface area contributed by atoms with Crippen molar-refractivity contribution in [2.24, 2.45) is 11.7 Å². The molecule has 0 spiro atoms. The average molecular weight is 249 g/mol. The van der Waals surface area contributed by atoms with Gasteiger partial charge in [0.2, 0.25) is 0 Å². The van der Waals surface area contributed by atoms with Crippen LogP contribution in [0, 0.1) is 5.92 Å². The fourth-order valence-corrected chi connectivity index (χ4v) is 2.03. The summed E-state index contributed by atoms with van der Waals surface area (Å²) in [6.45, 7) is 3.50. The number of carbonyl (C=O) groups is 2. The molecular formula is C14H19NO3. The molecule has 0 saturated carbocycles. The van der Waals surface area contributed by atoms with Gasteiger partial charge in [-0.1, -0.05) is 30.3 Å². The Morgan fingerprint density at radius 3 is 2.50 bits per heavy atom. The smallest absolute Gasteiger partial charge is 0.405 e. The van der Waals surface area contributed by atoms with Gasteiger partial charge in [0.1, 0.15) is 11.9 Å². The van der Waals surface area contributed by atoms with Crippen molar-refractivity contribution in [3.63, 3.8) is 0 Å². The number of ether oxygens (including phenoxy) is 1. The molecule has 1 aromatic rings. The molecule has 0 aliphatic heterocycles. The Labute approximate surface area is 107 Å². The minimum absolute atomic E-state index is 0.193. The number of hydrogen-bond acceptors (Lipinski definition) is 3. The number of nitrogens with two attached hydrogens (primary N) is 1. The molecule has 0 saturated heterocycles. The second kappa shape index (κ2) is 6.19. The number of rotatable bonds is 6. The topological polar surface area (TPSA) is 69.4 Å². The molecule has 0 fully saturated rings. The predicted molar refractivity (Wildman–Crippen MR) is 69.1 cm³/mol. The van der Waals surface area contributed by atoms with E-state index < -0.39 is 11.7 Å². The molecule has 1 atom stereocenters. The van der Waals surface area contributed by atoms with Crippen LogP contribution in [0.15, 0.2) is 30.3 Å². The van der Waals surface area contributed by atoms with Crippen molar-refractivity contribution in [3.05, 3.63) is 35.9 Å². The van der Waals surface area contributed by atoms with E-state index in [1.54, 1.807) is 13.8 Å². The van der Waals surface area contributed by atoms with Crippen molar-refractivity contribution >= 4 is 12.4 Å². The maximum atomic E-state index is 11.1. The van der Waals surface area contributed by atoms with Crippen LogP contribution in [0.4, 0.5) is 4.79 Å². The lowest BCUT2D eigenvalue weighted by atomic mass is 9.89. The molecule has 4 heteroatoms. The standard InChI is InChI=1S/C14H19NO3/c1-14(2,18-13(15)17)9-12(10-16)8-11-6-4-3-5-7-11/h3-7,10,12H,8-9H2,1-2H3,(H2,15,17)/t12-/m0/s1. The Balaban J connectivity index is 2.62. The largest absolute Gasteiger partial charge is 0.444 e. The van der Waals surface area contributed by atoms with E-state index in [-0.39, 0.29) is 5.92 Å². The molecule has 0 aromatic heterocycles. The van der Waals surface area contributed by atoms with Gasteiger partial charge in [0.05, 0.1) is 0 Å².